The number of rotatable bonds is 2. The molecule has 86 valence electrons. The molecule has 0 bridgehead atoms. The predicted octanol–water partition coefficient (Wildman–Crippen LogP) is 0.679. The summed E-state index contributed by atoms with van der Waals surface area (Å²) in [6.45, 7) is 3.61. The highest BCUT2D eigenvalue weighted by Crippen LogP contribution is 2.34. The maximum absolute atomic E-state index is 11.5. The van der Waals surface area contributed by atoms with Crippen LogP contribution >= 0.6 is 0 Å². The quantitative estimate of drug-likeness (QED) is 0.706. The van der Waals surface area contributed by atoms with E-state index in [1.54, 1.807) is 0 Å². The van der Waals surface area contributed by atoms with Gasteiger partial charge in [-0.25, -0.2) is 0 Å². The van der Waals surface area contributed by atoms with Gasteiger partial charge in [0.1, 0.15) is 5.54 Å². The van der Waals surface area contributed by atoms with Crippen molar-refractivity contribution in [2.45, 2.75) is 37.6 Å². The molecule has 2 N–H and O–H groups in total. The molecule has 0 aromatic heterocycles. The highest BCUT2D eigenvalue weighted by Gasteiger charge is 2.44. The van der Waals surface area contributed by atoms with E-state index >= 15 is 0 Å². The first kappa shape index (κ1) is 10.9. The SMILES string of the molecule is O=C(O)C1(N2CCNCC2)CCCCC1. The van der Waals surface area contributed by atoms with Crippen LogP contribution in [0.3, 0.4) is 0 Å². The van der Waals surface area contributed by atoms with Gasteiger partial charge in [0.25, 0.3) is 0 Å². The van der Waals surface area contributed by atoms with Crippen molar-refractivity contribution in [2.75, 3.05) is 26.2 Å². The zero-order chi connectivity index (χ0) is 10.7. The smallest absolute Gasteiger partial charge is 0.324 e. The summed E-state index contributed by atoms with van der Waals surface area (Å²) in [5.41, 5.74) is -0.541. The van der Waals surface area contributed by atoms with Crippen LogP contribution < -0.4 is 5.32 Å². The molecule has 1 saturated heterocycles. The molecule has 4 heteroatoms. The van der Waals surface area contributed by atoms with Gasteiger partial charge in [-0.2, -0.15) is 0 Å². The summed E-state index contributed by atoms with van der Waals surface area (Å²) in [6.07, 6.45) is 5.00. The Labute approximate surface area is 90.6 Å². The fourth-order valence-electron chi connectivity index (χ4n) is 2.89. The number of hydrogen-bond acceptors (Lipinski definition) is 3. The van der Waals surface area contributed by atoms with Gasteiger partial charge in [-0.1, -0.05) is 19.3 Å². The van der Waals surface area contributed by atoms with Crippen LogP contribution in [0.1, 0.15) is 32.1 Å². The minimum atomic E-state index is -0.607. The summed E-state index contributed by atoms with van der Waals surface area (Å²) < 4.78 is 0. The van der Waals surface area contributed by atoms with Crippen LogP contribution in [0, 0.1) is 0 Å². The van der Waals surface area contributed by atoms with Gasteiger partial charge < -0.3 is 10.4 Å². The average molecular weight is 212 g/mol. The number of aliphatic carboxylic acids is 1. The van der Waals surface area contributed by atoms with Crippen molar-refractivity contribution < 1.29 is 9.90 Å². The minimum absolute atomic E-state index is 0.541. The second kappa shape index (κ2) is 4.49. The van der Waals surface area contributed by atoms with Crippen LogP contribution in [-0.4, -0.2) is 47.7 Å². The third-order valence-corrected chi connectivity index (χ3v) is 3.80. The highest BCUT2D eigenvalue weighted by atomic mass is 16.4. The van der Waals surface area contributed by atoms with Gasteiger partial charge in [-0.3, -0.25) is 9.69 Å². The van der Waals surface area contributed by atoms with Crippen molar-refractivity contribution in [2.24, 2.45) is 0 Å². The number of piperazine rings is 1. The first-order valence-electron chi connectivity index (χ1n) is 5.95. The fraction of sp³-hybridized carbons (Fsp3) is 0.909. The van der Waals surface area contributed by atoms with Gasteiger partial charge in [-0.05, 0) is 12.8 Å². The lowest BCUT2D eigenvalue weighted by Crippen LogP contribution is -2.60. The molecule has 0 aromatic rings. The van der Waals surface area contributed by atoms with Crippen LogP contribution in [0.25, 0.3) is 0 Å². The molecular weight excluding hydrogens is 192 g/mol. The Hall–Kier alpha value is -0.610. The molecule has 0 radical (unpaired) electrons. The topological polar surface area (TPSA) is 52.6 Å². The molecule has 0 amide bonds. The van der Waals surface area contributed by atoms with Crippen molar-refractivity contribution in [3.63, 3.8) is 0 Å². The zero-order valence-corrected chi connectivity index (χ0v) is 9.17. The molecule has 15 heavy (non-hydrogen) atoms. The number of carbonyl (C=O) groups is 1. The number of nitrogens with one attached hydrogen (secondary N) is 1. The van der Waals surface area contributed by atoms with Gasteiger partial charge in [0.15, 0.2) is 0 Å². The first-order chi connectivity index (χ1) is 7.26. The molecule has 1 aliphatic carbocycles. The van der Waals surface area contributed by atoms with Crippen LogP contribution in [0.2, 0.25) is 0 Å². The van der Waals surface area contributed by atoms with Crippen molar-refractivity contribution >= 4 is 5.97 Å². The van der Waals surface area contributed by atoms with E-state index in [0.29, 0.717) is 0 Å². The van der Waals surface area contributed by atoms with Gasteiger partial charge in [0, 0.05) is 26.2 Å². The van der Waals surface area contributed by atoms with Crippen LogP contribution in [0.5, 0.6) is 0 Å². The van der Waals surface area contributed by atoms with Crippen LogP contribution in [-0.2, 0) is 4.79 Å². The third kappa shape index (κ3) is 2.01. The maximum Gasteiger partial charge on any atom is 0.324 e. The molecular formula is C11H20N2O2. The lowest BCUT2D eigenvalue weighted by Gasteiger charge is -2.45. The van der Waals surface area contributed by atoms with E-state index in [4.69, 9.17) is 0 Å². The second-order valence-electron chi connectivity index (χ2n) is 4.63. The number of hydrogen-bond donors (Lipinski definition) is 2. The van der Waals surface area contributed by atoms with Gasteiger partial charge in [-0.15, -0.1) is 0 Å². The van der Waals surface area contributed by atoms with E-state index < -0.39 is 11.5 Å². The van der Waals surface area contributed by atoms with Crippen molar-refractivity contribution in [1.82, 2.24) is 10.2 Å². The molecule has 2 fully saturated rings. The van der Waals surface area contributed by atoms with E-state index in [1.807, 2.05) is 0 Å². The molecule has 2 rings (SSSR count). The zero-order valence-electron chi connectivity index (χ0n) is 9.17. The third-order valence-electron chi connectivity index (χ3n) is 3.80. The summed E-state index contributed by atoms with van der Waals surface area (Å²) in [6, 6.07) is 0. The van der Waals surface area contributed by atoms with Crippen LogP contribution in [0.15, 0.2) is 0 Å². The monoisotopic (exact) mass is 212 g/mol. The molecule has 2 aliphatic rings. The van der Waals surface area contributed by atoms with E-state index in [9.17, 15) is 9.90 Å². The Morgan fingerprint density at radius 2 is 1.73 bits per heavy atom. The lowest BCUT2D eigenvalue weighted by atomic mass is 9.80. The van der Waals surface area contributed by atoms with Crippen molar-refractivity contribution in [3.05, 3.63) is 0 Å². The molecule has 4 nitrogen and oxygen atoms in total. The standard InChI is InChI=1S/C11H20N2O2/c14-10(15)11(4-2-1-3-5-11)13-8-6-12-7-9-13/h12H,1-9H2,(H,14,15). The Kier molecular flexibility index (Phi) is 3.26. The summed E-state index contributed by atoms with van der Waals surface area (Å²) >= 11 is 0. The molecule has 0 aromatic carbocycles. The van der Waals surface area contributed by atoms with E-state index in [-0.39, 0.29) is 0 Å². The van der Waals surface area contributed by atoms with E-state index in [0.717, 1.165) is 51.9 Å². The normalized spacial score (nSPS) is 27.5. The molecule has 0 unspecified atom stereocenters. The summed E-state index contributed by atoms with van der Waals surface area (Å²) in [5, 5.41) is 12.8. The van der Waals surface area contributed by atoms with Crippen molar-refractivity contribution in [3.8, 4) is 0 Å². The number of nitrogens with zero attached hydrogens (tertiary/aromatic N) is 1. The Morgan fingerprint density at radius 1 is 1.13 bits per heavy atom. The maximum atomic E-state index is 11.5. The van der Waals surface area contributed by atoms with E-state index in [1.165, 1.54) is 6.42 Å². The molecule has 1 saturated carbocycles. The predicted molar refractivity (Wildman–Crippen MR) is 57.9 cm³/mol. The number of carboxylic acid groups (broad SMARTS) is 1. The van der Waals surface area contributed by atoms with Crippen LogP contribution in [0.4, 0.5) is 0 Å². The first-order valence-corrected chi connectivity index (χ1v) is 5.95. The fourth-order valence-corrected chi connectivity index (χ4v) is 2.89. The van der Waals surface area contributed by atoms with E-state index in [2.05, 4.69) is 10.2 Å². The number of carboxylic acids is 1. The second-order valence-corrected chi connectivity index (χ2v) is 4.63. The molecule has 0 spiro atoms. The Bertz CT molecular complexity index is 231. The molecule has 1 aliphatic heterocycles. The van der Waals surface area contributed by atoms with Gasteiger partial charge >= 0.3 is 5.97 Å². The summed E-state index contributed by atoms with van der Waals surface area (Å²) in [5.74, 6) is -0.607. The van der Waals surface area contributed by atoms with Crippen molar-refractivity contribution in [1.29, 1.82) is 0 Å². The largest absolute Gasteiger partial charge is 0.480 e. The molecule has 1 heterocycles. The summed E-state index contributed by atoms with van der Waals surface area (Å²) in [4.78, 5) is 13.7. The Morgan fingerprint density at radius 3 is 2.27 bits per heavy atom. The van der Waals surface area contributed by atoms with Gasteiger partial charge in [0.2, 0.25) is 0 Å². The highest BCUT2D eigenvalue weighted by molar-refractivity contribution is 5.79. The molecule has 0 atom stereocenters. The van der Waals surface area contributed by atoms with Gasteiger partial charge in [0.05, 0.1) is 0 Å². The average Bonchev–Trinajstić information content (AvgIpc) is 2.31. The summed E-state index contributed by atoms with van der Waals surface area (Å²) in [7, 11) is 0. The minimum Gasteiger partial charge on any atom is -0.480 e. The lowest BCUT2D eigenvalue weighted by molar-refractivity contribution is -0.154. The Balaban J connectivity index is 2.12.